The van der Waals surface area contributed by atoms with E-state index in [4.69, 9.17) is 16.3 Å². The molecular weight excluding hydrogens is 264 g/mol. The normalized spacial score (nSPS) is 27.0. The molecule has 0 aliphatic heterocycles. The molecule has 0 atom stereocenters. The fourth-order valence-corrected chi connectivity index (χ4v) is 2.85. The van der Waals surface area contributed by atoms with Crippen molar-refractivity contribution in [3.8, 4) is 0 Å². The van der Waals surface area contributed by atoms with Crippen LogP contribution in [0, 0.1) is 5.92 Å². The van der Waals surface area contributed by atoms with E-state index in [-0.39, 0.29) is 11.9 Å². The van der Waals surface area contributed by atoms with Gasteiger partial charge in [0.15, 0.2) is 0 Å². The molecule has 1 aromatic rings. The summed E-state index contributed by atoms with van der Waals surface area (Å²) in [4.78, 5) is 11.7. The van der Waals surface area contributed by atoms with Crippen molar-refractivity contribution in [2.45, 2.75) is 38.2 Å². The van der Waals surface area contributed by atoms with Crippen molar-refractivity contribution < 1.29 is 14.6 Å². The quantitative estimate of drug-likeness (QED) is 0.866. The fraction of sp³-hybridized carbons (Fsp3) is 0.533. The number of benzene rings is 1. The van der Waals surface area contributed by atoms with Gasteiger partial charge in [-0.25, -0.2) is 0 Å². The first-order valence-corrected chi connectivity index (χ1v) is 7.08. The number of carbonyl (C=O) groups is 1. The van der Waals surface area contributed by atoms with Gasteiger partial charge in [0.25, 0.3) is 0 Å². The van der Waals surface area contributed by atoms with Gasteiger partial charge in [-0.1, -0.05) is 23.7 Å². The molecule has 3 nitrogen and oxygen atoms in total. The van der Waals surface area contributed by atoms with Crippen LogP contribution in [-0.4, -0.2) is 17.7 Å². The zero-order valence-electron chi connectivity index (χ0n) is 11.1. The van der Waals surface area contributed by atoms with Gasteiger partial charge in [0.1, 0.15) is 0 Å². The number of ether oxygens (including phenoxy) is 1. The Morgan fingerprint density at radius 3 is 2.74 bits per heavy atom. The molecule has 1 N–H and O–H groups in total. The smallest absolute Gasteiger partial charge is 0.308 e. The van der Waals surface area contributed by atoms with Crippen molar-refractivity contribution in [3.63, 3.8) is 0 Å². The van der Waals surface area contributed by atoms with Crippen LogP contribution in [0.3, 0.4) is 0 Å². The molecule has 104 valence electrons. The Kier molecular flexibility index (Phi) is 4.48. The summed E-state index contributed by atoms with van der Waals surface area (Å²) < 4.78 is 5.03. The standard InChI is InChI=1S/C15H19ClO3/c1-2-19-14(17)11-6-8-15(18,9-7-11)12-4-3-5-13(16)10-12/h3-5,10-11,18H,2,6-9H2,1H3. The van der Waals surface area contributed by atoms with Gasteiger partial charge in [-0.2, -0.15) is 0 Å². The van der Waals surface area contributed by atoms with Gasteiger partial charge in [-0.3, -0.25) is 4.79 Å². The molecular formula is C15H19ClO3. The summed E-state index contributed by atoms with van der Waals surface area (Å²) in [6.07, 6.45) is 2.44. The van der Waals surface area contributed by atoms with Crippen molar-refractivity contribution in [2.75, 3.05) is 6.61 Å². The van der Waals surface area contributed by atoms with Crippen molar-refractivity contribution in [1.29, 1.82) is 0 Å². The number of hydrogen-bond acceptors (Lipinski definition) is 3. The van der Waals surface area contributed by atoms with Gasteiger partial charge in [0.2, 0.25) is 0 Å². The Labute approximate surface area is 118 Å². The predicted molar refractivity (Wildman–Crippen MR) is 73.9 cm³/mol. The van der Waals surface area contributed by atoms with Crippen LogP contribution in [0.1, 0.15) is 38.2 Å². The molecule has 0 bridgehead atoms. The van der Waals surface area contributed by atoms with Crippen molar-refractivity contribution in [3.05, 3.63) is 34.9 Å². The molecule has 0 aromatic heterocycles. The van der Waals surface area contributed by atoms with Crippen LogP contribution in [0.5, 0.6) is 0 Å². The van der Waals surface area contributed by atoms with E-state index >= 15 is 0 Å². The summed E-state index contributed by atoms with van der Waals surface area (Å²) >= 11 is 5.96. The van der Waals surface area contributed by atoms with Gasteiger partial charge >= 0.3 is 5.97 Å². The van der Waals surface area contributed by atoms with E-state index in [1.165, 1.54) is 0 Å². The molecule has 1 saturated carbocycles. The van der Waals surface area contributed by atoms with Crippen LogP contribution in [0.4, 0.5) is 0 Å². The molecule has 1 aliphatic carbocycles. The van der Waals surface area contributed by atoms with Crippen LogP contribution >= 0.6 is 11.6 Å². The molecule has 1 aromatic carbocycles. The molecule has 1 aliphatic rings. The SMILES string of the molecule is CCOC(=O)C1CCC(O)(c2cccc(Cl)c2)CC1. The Balaban J connectivity index is 2.04. The second-order valence-corrected chi connectivity index (χ2v) is 5.50. The molecule has 0 saturated heterocycles. The minimum absolute atomic E-state index is 0.0839. The van der Waals surface area contributed by atoms with Crippen molar-refractivity contribution >= 4 is 17.6 Å². The molecule has 2 rings (SSSR count). The first-order chi connectivity index (χ1) is 9.05. The van der Waals surface area contributed by atoms with Crippen LogP contribution in [0.15, 0.2) is 24.3 Å². The Bertz CT molecular complexity index is 450. The van der Waals surface area contributed by atoms with Gasteiger partial charge in [0.05, 0.1) is 18.1 Å². The van der Waals surface area contributed by atoms with E-state index in [9.17, 15) is 9.90 Å². The molecule has 0 heterocycles. The summed E-state index contributed by atoms with van der Waals surface area (Å²) in [5, 5.41) is 11.3. The first kappa shape index (κ1) is 14.4. The number of rotatable bonds is 3. The molecule has 0 radical (unpaired) electrons. The summed E-state index contributed by atoms with van der Waals surface area (Å²) in [5.41, 5.74) is -0.0317. The lowest BCUT2D eigenvalue weighted by molar-refractivity contribution is -0.151. The number of halogens is 1. The van der Waals surface area contributed by atoms with Gasteiger partial charge in [0, 0.05) is 5.02 Å². The van der Waals surface area contributed by atoms with E-state index in [0.717, 1.165) is 5.56 Å². The maximum Gasteiger partial charge on any atom is 0.308 e. The average molecular weight is 283 g/mol. The highest BCUT2D eigenvalue weighted by Gasteiger charge is 2.37. The molecule has 0 amide bonds. The average Bonchev–Trinajstić information content (AvgIpc) is 2.40. The second-order valence-electron chi connectivity index (χ2n) is 5.07. The lowest BCUT2D eigenvalue weighted by atomic mass is 9.75. The van der Waals surface area contributed by atoms with Crippen LogP contribution < -0.4 is 0 Å². The maximum atomic E-state index is 11.7. The van der Waals surface area contributed by atoms with Crippen molar-refractivity contribution in [1.82, 2.24) is 0 Å². The number of hydrogen-bond donors (Lipinski definition) is 1. The molecule has 0 unspecified atom stereocenters. The zero-order chi connectivity index (χ0) is 13.9. The number of carbonyl (C=O) groups excluding carboxylic acids is 1. The molecule has 4 heteroatoms. The summed E-state index contributed by atoms with van der Waals surface area (Å²) in [5.74, 6) is -0.227. The third kappa shape index (κ3) is 3.28. The van der Waals surface area contributed by atoms with E-state index in [2.05, 4.69) is 0 Å². The highest BCUT2D eigenvalue weighted by atomic mass is 35.5. The molecule has 19 heavy (non-hydrogen) atoms. The highest BCUT2D eigenvalue weighted by molar-refractivity contribution is 6.30. The van der Waals surface area contributed by atoms with Gasteiger partial charge < -0.3 is 9.84 Å². The molecule has 1 fully saturated rings. The summed E-state index contributed by atoms with van der Waals surface area (Å²) in [7, 11) is 0. The fourth-order valence-electron chi connectivity index (χ4n) is 2.66. The maximum absolute atomic E-state index is 11.7. The van der Waals surface area contributed by atoms with Gasteiger partial charge in [-0.15, -0.1) is 0 Å². The predicted octanol–water partition coefficient (Wildman–Crippen LogP) is 3.28. The Morgan fingerprint density at radius 2 is 2.16 bits per heavy atom. The lowest BCUT2D eigenvalue weighted by Gasteiger charge is -2.35. The largest absolute Gasteiger partial charge is 0.466 e. The zero-order valence-corrected chi connectivity index (χ0v) is 11.8. The Hall–Kier alpha value is -1.06. The molecule has 0 spiro atoms. The number of esters is 1. The number of aliphatic hydroxyl groups is 1. The topological polar surface area (TPSA) is 46.5 Å². The van der Waals surface area contributed by atoms with E-state index in [0.29, 0.717) is 37.3 Å². The Morgan fingerprint density at radius 1 is 1.47 bits per heavy atom. The van der Waals surface area contributed by atoms with E-state index in [1.54, 1.807) is 12.1 Å². The third-order valence-electron chi connectivity index (χ3n) is 3.79. The van der Waals surface area contributed by atoms with E-state index < -0.39 is 5.60 Å². The van der Waals surface area contributed by atoms with Crippen LogP contribution in [-0.2, 0) is 15.1 Å². The monoisotopic (exact) mass is 282 g/mol. The van der Waals surface area contributed by atoms with Crippen LogP contribution in [0.25, 0.3) is 0 Å². The lowest BCUT2D eigenvalue weighted by Crippen LogP contribution is -2.34. The van der Waals surface area contributed by atoms with Crippen molar-refractivity contribution in [2.24, 2.45) is 5.92 Å². The third-order valence-corrected chi connectivity index (χ3v) is 4.03. The highest BCUT2D eigenvalue weighted by Crippen LogP contribution is 2.40. The minimum atomic E-state index is -0.867. The van der Waals surface area contributed by atoms with Gasteiger partial charge in [-0.05, 0) is 50.3 Å². The first-order valence-electron chi connectivity index (χ1n) is 6.70. The van der Waals surface area contributed by atoms with Crippen LogP contribution in [0.2, 0.25) is 5.02 Å². The van der Waals surface area contributed by atoms with E-state index in [1.807, 2.05) is 19.1 Å². The second kappa shape index (κ2) is 5.93. The summed E-state index contributed by atoms with van der Waals surface area (Å²) in [6, 6.07) is 7.31. The minimum Gasteiger partial charge on any atom is -0.466 e. The summed E-state index contributed by atoms with van der Waals surface area (Å²) in [6.45, 7) is 2.22.